The highest BCUT2D eigenvalue weighted by atomic mass is 16.5. The Morgan fingerprint density at radius 3 is 2.74 bits per heavy atom. The van der Waals surface area contributed by atoms with Crippen LogP contribution in [0.3, 0.4) is 0 Å². The number of hydrogen-bond donors (Lipinski definition) is 1. The summed E-state index contributed by atoms with van der Waals surface area (Å²) in [7, 11) is 1.78. The topological polar surface area (TPSA) is 61.6 Å². The molecular weight excluding hydrogens is 340 g/mol. The van der Waals surface area contributed by atoms with E-state index in [0.717, 1.165) is 42.6 Å². The SMILES string of the molecule is CCC1CCN(CCNC(=O)N(C)Cc2cc(-c3ccccc3)on2)CC1. The van der Waals surface area contributed by atoms with Crippen molar-refractivity contribution in [2.45, 2.75) is 32.7 Å². The highest BCUT2D eigenvalue weighted by Gasteiger charge is 2.18. The summed E-state index contributed by atoms with van der Waals surface area (Å²) < 4.78 is 5.39. The van der Waals surface area contributed by atoms with Crippen LogP contribution < -0.4 is 5.32 Å². The van der Waals surface area contributed by atoms with E-state index in [1.165, 1.54) is 19.3 Å². The summed E-state index contributed by atoms with van der Waals surface area (Å²) in [6.07, 6.45) is 3.84. The molecule has 6 heteroatoms. The fourth-order valence-corrected chi connectivity index (χ4v) is 3.51. The van der Waals surface area contributed by atoms with Crippen molar-refractivity contribution in [1.29, 1.82) is 0 Å². The van der Waals surface area contributed by atoms with E-state index in [-0.39, 0.29) is 6.03 Å². The van der Waals surface area contributed by atoms with Crippen molar-refractivity contribution in [2.75, 3.05) is 33.2 Å². The van der Waals surface area contributed by atoms with Crippen LogP contribution >= 0.6 is 0 Å². The number of piperidine rings is 1. The first kappa shape index (κ1) is 19.4. The number of benzene rings is 1. The van der Waals surface area contributed by atoms with Crippen LogP contribution in [0.2, 0.25) is 0 Å². The molecule has 3 rings (SSSR count). The Labute approximate surface area is 161 Å². The van der Waals surface area contributed by atoms with E-state index in [1.54, 1.807) is 11.9 Å². The van der Waals surface area contributed by atoms with Crippen molar-refractivity contribution in [3.63, 3.8) is 0 Å². The molecule has 0 bridgehead atoms. The number of carbonyl (C=O) groups is 1. The second-order valence-electron chi connectivity index (χ2n) is 7.33. The molecule has 0 saturated carbocycles. The Kier molecular flexibility index (Phi) is 6.87. The Hall–Kier alpha value is -2.34. The zero-order chi connectivity index (χ0) is 19.1. The molecule has 1 saturated heterocycles. The van der Waals surface area contributed by atoms with Crippen LogP contribution in [-0.4, -0.2) is 54.2 Å². The van der Waals surface area contributed by atoms with Crippen LogP contribution in [-0.2, 0) is 6.54 Å². The monoisotopic (exact) mass is 370 g/mol. The quantitative estimate of drug-likeness (QED) is 0.809. The summed E-state index contributed by atoms with van der Waals surface area (Å²) in [6, 6.07) is 11.6. The van der Waals surface area contributed by atoms with Crippen molar-refractivity contribution in [2.24, 2.45) is 5.92 Å². The number of nitrogens with zero attached hydrogens (tertiary/aromatic N) is 3. The average Bonchev–Trinajstić information content (AvgIpc) is 3.17. The standard InChI is InChI=1S/C21H30N4O2/c1-3-17-9-12-25(13-10-17)14-11-22-21(26)24(2)16-19-15-20(27-23-19)18-7-5-4-6-8-18/h4-8,15,17H,3,9-14,16H2,1-2H3,(H,22,26). The molecule has 1 N–H and O–H groups in total. The first-order valence-electron chi connectivity index (χ1n) is 9.88. The lowest BCUT2D eigenvalue weighted by molar-refractivity contribution is 0.177. The van der Waals surface area contributed by atoms with Gasteiger partial charge in [-0.15, -0.1) is 0 Å². The lowest BCUT2D eigenvalue weighted by atomic mass is 9.94. The van der Waals surface area contributed by atoms with Gasteiger partial charge in [0.1, 0.15) is 5.69 Å². The number of hydrogen-bond acceptors (Lipinski definition) is 4. The van der Waals surface area contributed by atoms with Gasteiger partial charge in [0, 0.05) is 31.8 Å². The van der Waals surface area contributed by atoms with Crippen LogP contribution in [0.5, 0.6) is 0 Å². The largest absolute Gasteiger partial charge is 0.356 e. The van der Waals surface area contributed by atoms with E-state index in [4.69, 9.17) is 4.52 Å². The molecule has 2 amide bonds. The van der Waals surface area contributed by atoms with Crippen LogP contribution in [0.4, 0.5) is 4.79 Å². The third kappa shape index (κ3) is 5.57. The highest BCUT2D eigenvalue weighted by molar-refractivity contribution is 5.73. The van der Waals surface area contributed by atoms with Gasteiger partial charge in [0.2, 0.25) is 0 Å². The molecule has 1 aliphatic heterocycles. The first-order chi connectivity index (χ1) is 13.2. The van der Waals surface area contributed by atoms with Gasteiger partial charge in [0.25, 0.3) is 0 Å². The minimum absolute atomic E-state index is 0.0808. The number of likely N-dealkylation sites (tertiary alicyclic amines) is 1. The highest BCUT2D eigenvalue weighted by Crippen LogP contribution is 2.20. The van der Waals surface area contributed by atoms with E-state index in [2.05, 4.69) is 22.3 Å². The number of nitrogens with one attached hydrogen (secondary N) is 1. The molecule has 0 unspecified atom stereocenters. The molecule has 0 atom stereocenters. The summed E-state index contributed by atoms with van der Waals surface area (Å²) in [5, 5.41) is 7.08. The second-order valence-corrected chi connectivity index (χ2v) is 7.33. The molecule has 1 aromatic heterocycles. The predicted octanol–water partition coefficient (Wildman–Crippen LogP) is 3.61. The Bertz CT molecular complexity index is 708. The maximum absolute atomic E-state index is 12.3. The van der Waals surface area contributed by atoms with Crippen molar-refractivity contribution in [1.82, 2.24) is 20.3 Å². The molecule has 0 radical (unpaired) electrons. The van der Waals surface area contributed by atoms with E-state index in [0.29, 0.717) is 13.1 Å². The summed E-state index contributed by atoms with van der Waals surface area (Å²) in [4.78, 5) is 16.4. The Morgan fingerprint density at radius 2 is 2.04 bits per heavy atom. The maximum atomic E-state index is 12.3. The minimum Gasteiger partial charge on any atom is -0.356 e. The molecular formula is C21H30N4O2. The molecule has 146 valence electrons. The number of aromatic nitrogens is 1. The lowest BCUT2D eigenvalue weighted by Crippen LogP contribution is -2.43. The van der Waals surface area contributed by atoms with Crippen LogP contribution in [0.25, 0.3) is 11.3 Å². The van der Waals surface area contributed by atoms with E-state index < -0.39 is 0 Å². The maximum Gasteiger partial charge on any atom is 0.317 e. The van der Waals surface area contributed by atoms with Gasteiger partial charge in [0.15, 0.2) is 5.76 Å². The normalized spacial score (nSPS) is 15.6. The lowest BCUT2D eigenvalue weighted by Gasteiger charge is -2.31. The third-order valence-corrected chi connectivity index (χ3v) is 5.35. The van der Waals surface area contributed by atoms with E-state index >= 15 is 0 Å². The average molecular weight is 370 g/mol. The van der Waals surface area contributed by atoms with Crippen LogP contribution in [0.15, 0.2) is 40.9 Å². The van der Waals surface area contributed by atoms with Gasteiger partial charge in [-0.25, -0.2) is 4.79 Å². The summed E-state index contributed by atoms with van der Waals surface area (Å²) >= 11 is 0. The Balaban J connectivity index is 1.40. The van der Waals surface area contributed by atoms with E-state index in [1.807, 2.05) is 36.4 Å². The first-order valence-corrected chi connectivity index (χ1v) is 9.88. The summed E-state index contributed by atoms with van der Waals surface area (Å²) in [5.41, 5.74) is 1.73. The number of carbonyl (C=O) groups excluding carboxylic acids is 1. The molecule has 6 nitrogen and oxygen atoms in total. The summed E-state index contributed by atoms with van der Waals surface area (Å²) in [6.45, 7) is 6.57. The number of rotatable bonds is 7. The van der Waals surface area contributed by atoms with Crippen molar-refractivity contribution >= 4 is 6.03 Å². The summed E-state index contributed by atoms with van der Waals surface area (Å²) in [5.74, 6) is 1.60. The molecule has 2 heterocycles. The molecule has 1 fully saturated rings. The second kappa shape index (κ2) is 9.55. The van der Waals surface area contributed by atoms with Gasteiger partial charge in [-0.3, -0.25) is 0 Å². The zero-order valence-electron chi connectivity index (χ0n) is 16.4. The van der Waals surface area contributed by atoms with Gasteiger partial charge >= 0.3 is 6.03 Å². The molecule has 0 spiro atoms. The van der Waals surface area contributed by atoms with Gasteiger partial charge in [-0.1, -0.05) is 48.8 Å². The van der Waals surface area contributed by atoms with Gasteiger partial charge < -0.3 is 19.6 Å². The van der Waals surface area contributed by atoms with E-state index in [9.17, 15) is 4.79 Å². The third-order valence-electron chi connectivity index (χ3n) is 5.35. The van der Waals surface area contributed by atoms with Crippen LogP contribution in [0.1, 0.15) is 31.9 Å². The van der Waals surface area contributed by atoms with Crippen molar-refractivity contribution in [3.05, 3.63) is 42.1 Å². The fourth-order valence-electron chi connectivity index (χ4n) is 3.51. The van der Waals surface area contributed by atoms with Gasteiger partial charge in [-0.2, -0.15) is 0 Å². The predicted molar refractivity (Wildman–Crippen MR) is 106 cm³/mol. The molecule has 0 aliphatic carbocycles. The zero-order valence-corrected chi connectivity index (χ0v) is 16.4. The molecule has 1 aliphatic rings. The minimum atomic E-state index is -0.0808. The number of urea groups is 1. The van der Waals surface area contributed by atoms with Gasteiger partial charge in [-0.05, 0) is 31.8 Å². The molecule has 2 aromatic rings. The van der Waals surface area contributed by atoms with Gasteiger partial charge in [0.05, 0.1) is 6.54 Å². The fraction of sp³-hybridized carbons (Fsp3) is 0.524. The van der Waals surface area contributed by atoms with Crippen molar-refractivity contribution < 1.29 is 9.32 Å². The molecule has 27 heavy (non-hydrogen) atoms. The Morgan fingerprint density at radius 1 is 1.30 bits per heavy atom. The van der Waals surface area contributed by atoms with Crippen LogP contribution in [0, 0.1) is 5.92 Å². The smallest absolute Gasteiger partial charge is 0.317 e. The molecule has 1 aromatic carbocycles. The van der Waals surface area contributed by atoms with Crippen molar-refractivity contribution in [3.8, 4) is 11.3 Å². The number of amides is 2.